The Hall–Kier alpha value is -2.68. The van der Waals surface area contributed by atoms with Crippen LogP contribution in [0.4, 0.5) is 5.82 Å². The van der Waals surface area contributed by atoms with Gasteiger partial charge in [-0.3, -0.25) is 9.36 Å². The summed E-state index contributed by atoms with van der Waals surface area (Å²) in [5.74, 6) is 0.751. The van der Waals surface area contributed by atoms with Gasteiger partial charge in [0.15, 0.2) is 0 Å². The van der Waals surface area contributed by atoms with Crippen molar-refractivity contribution in [1.29, 1.82) is 0 Å². The number of ether oxygens (including phenoxy) is 1. The van der Waals surface area contributed by atoms with Gasteiger partial charge in [-0.05, 0) is 24.3 Å². The molecule has 1 aromatic heterocycles. The average molecular weight is 475 g/mol. The van der Waals surface area contributed by atoms with Gasteiger partial charge >= 0.3 is 5.69 Å². The third-order valence-electron chi connectivity index (χ3n) is 3.82. The first-order valence-corrected chi connectivity index (χ1v) is 9.90. The van der Waals surface area contributed by atoms with Gasteiger partial charge in [0.1, 0.15) is 18.2 Å². The van der Waals surface area contributed by atoms with Gasteiger partial charge in [-0.15, -0.1) is 0 Å². The molecule has 0 spiro atoms. The third-order valence-corrected chi connectivity index (χ3v) is 4.65. The third kappa shape index (κ3) is 5.16. The summed E-state index contributed by atoms with van der Waals surface area (Å²) in [5, 5.41) is 2.73. The number of alkyl halides is 1. The van der Waals surface area contributed by atoms with Crippen LogP contribution in [0.3, 0.4) is 0 Å². The zero-order valence-electron chi connectivity index (χ0n) is 14.5. The standard InChI is InChI=1S/C20H18IN3O3/c21-13-16-14-24(11-12-27-17-9-5-2-6-10-17)20(26)23-18(16)22-19(25)15-7-3-1-4-8-15/h1-10,14H,11-13H2,(H,22,23,25,26). The quantitative estimate of drug-likeness (QED) is 0.420. The van der Waals surface area contributed by atoms with Crippen LogP contribution in [0.2, 0.25) is 0 Å². The first-order valence-electron chi connectivity index (χ1n) is 8.38. The number of anilines is 1. The van der Waals surface area contributed by atoms with E-state index in [4.69, 9.17) is 4.74 Å². The Labute approximate surface area is 170 Å². The monoisotopic (exact) mass is 475 g/mol. The highest BCUT2D eigenvalue weighted by atomic mass is 127. The van der Waals surface area contributed by atoms with Gasteiger partial charge < -0.3 is 10.1 Å². The maximum atomic E-state index is 12.3. The molecule has 1 N–H and O–H groups in total. The normalized spacial score (nSPS) is 10.4. The minimum absolute atomic E-state index is 0.293. The fourth-order valence-electron chi connectivity index (χ4n) is 2.45. The number of aromatic nitrogens is 2. The van der Waals surface area contributed by atoms with Crippen LogP contribution < -0.4 is 15.7 Å². The Kier molecular flexibility index (Phi) is 6.59. The number of hydrogen-bond donors (Lipinski definition) is 1. The fraction of sp³-hybridized carbons (Fsp3) is 0.150. The Bertz CT molecular complexity index is 959. The second kappa shape index (κ2) is 9.31. The van der Waals surface area contributed by atoms with Gasteiger partial charge in [0.25, 0.3) is 5.91 Å². The molecule has 27 heavy (non-hydrogen) atoms. The zero-order valence-corrected chi connectivity index (χ0v) is 16.6. The predicted molar refractivity (Wildman–Crippen MR) is 113 cm³/mol. The van der Waals surface area contributed by atoms with E-state index in [-0.39, 0.29) is 5.91 Å². The number of rotatable bonds is 7. The lowest BCUT2D eigenvalue weighted by atomic mass is 10.2. The van der Waals surface area contributed by atoms with E-state index < -0.39 is 5.69 Å². The summed E-state index contributed by atoms with van der Waals surface area (Å²) in [6, 6.07) is 18.2. The predicted octanol–water partition coefficient (Wildman–Crippen LogP) is 3.51. The molecule has 0 atom stereocenters. The van der Waals surface area contributed by atoms with Crippen molar-refractivity contribution >= 4 is 34.3 Å². The maximum absolute atomic E-state index is 12.3. The summed E-state index contributed by atoms with van der Waals surface area (Å²) in [5.41, 5.74) is 0.863. The largest absolute Gasteiger partial charge is 0.492 e. The van der Waals surface area contributed by atoms with E-state index in [9.17, 15) is 9.59 Å². The van der Waals surface area contributed by atoms with Crippen LogP contribution in [0.25, 0.3) is 0 Å². The summed E-state index contributed by atoms with van der Waals surface area (Å²) in [6.45, 7) is 0.722. The molecule has 7 heteroatoms. The summed E-state index contributed by atoms with van der Waals surface area (Å²) in [6.07, 6.45) is 1.72. The Balaban J connectivity index is 1.71. The van der Waals surface area contributed by atoms with Crippen LogP contribution in [0.15, 0.2) is 71.7 Å². The number of nitrogens with zero attached hydrogens (tertiary/aromatic N) is 2. The lowest BCUT2D eigenvalue weighted by Gasteiger charge is -2.12. The van der Waals surface area contributed by atoms with E-state index in [1.807, 2.05) is 36.4 Å². The van der Waals surface area contributed by atoms with Crippen molar-refractivity contribution in [3.8, 4) is 5.75 Å². The van der Waals surface area contributed by atoms with Crippen molar-refractivity contribution in [2.75, 3.05) is 11.9 Å². The molecule has 1 amide bonds. The highest BCUT2D eigenvalue weighted by molar-refractivity contribution is 14.1. The molecule has 0 bridgehead atoms. The molecule has 2 aromatic carbocycles. The first kappa shape index (κ1) is 19.1. The van der Waals surface area contributed by atoms with E-state index in [1.165, 1.54) is 4.57 Å². The van der Waals surface area contributed by atoms with E-state index in [0.29, 0.717) is 29.0 Å². The van der Waals surface area contributed by atoms with Crippen molar-refractivity contribution in [2.24, 2.45) is 0 Å². The Morgan fingerprint density at radius 3 is 2.41 bits per heavy atom. The molecule has 3 rings (SSSR count). The van der Waals surface area contributed by atoms with Gasteiger partial charge in [-0.1, -0.05) is 59.0 Å². The molecule has 0 saturated carbocycles. The molecule has 1 heterocycles. The van der Waals surface area contributed by atoms with Gasteiger partial charge in [0, 0.05) is 21.8 Å². The molecular weight excluding hydrogens is 457 g/mol. The summed E-state index contributed by atoms with van der Waals surface area (Å²) in [7, 11) is 0. The van der Waals surface area contributed by atoms with Gasteiger partial charge in [0.05, 0.1) is 6.54 Å². The number of nitrogens with one attached hydrogen (secondary N) is 1. The van der Waals surface area contributed by atoms with Crippen molar-refractivity contribution in [1.82, 2.24) is 9.55 Å². The minimum Gasteiger partial charge on any atom is -0.492 e. The van der Waals surface area contributed by atoms with Crippen LogP contribution >= 0.6 is 22.6 Å². The number of para-hydroxylation sites is 1. The molecule has 0 saturated heterocycles. The Morgan fingerprint density at radius 2 is 1.74 bits per heavy atom. The first-order chi connectivity index (χ1) is 13.2. The van der Waals surface area contributed by atoms with Crippen molar-refractivity contribution in [3.05, 3.63) is 88.5 Å². The molecule has 0 aliphatic rings. The topological polar surface area (TPSA) is 73.2 Å². The number of benzene rings is 2. The lowest BCUT2D eigenvalue weighted by Crippen LogP contribution is -2.28. The van der Waals surface area contributed by atoms with Crippen molar-refractivity contribution in [2.45, 2.75) is 11.0 Å². The van der Waals surface area contributed by atoms with Crippen LogP contribution in [-0.4, -0.2) is 22.1 Å². The summed E-state index contributed by atoms with van der Waals surface area (Å²) >= 11 is 2.18. The SMILES string of the molecule is O=C(Nc1nc(=O)n(CCOc2ccccc2)cc1CI)c1ccccc1. The molecule has 0 fully saturated rings. The van der Waals surface area contributed by atoms with Crippen molar-refractivity contribution < 1.29 is 9.53 Å². The van der Waals surface area contributed by atoms with Crippen LogP contribution in [0, 0.1) is 0 Å². The number of halogens is 1. The molecule has 6 nitrogen and oxygen atoms in total. The molecule has 0 aliphatic heterocycles. The highest BCUT2D eigenvalue weighted by Gasteiger charge is 2.12. The van der Waals surface area contributed by atoms with Gasteiger partial charge in [-0.25, -0.2) is 4.79 Å². The second-order valence-electron chi connectivity index (χ2n) is 5.71. The number of amides is 1. The fourth-order valence-corrected chi connectivity index (χ4v) is 3.01. The van der Waals surface area contributed by atoms with Crippen LogP contribution in [-0.2, 0) is 11.0 Å². The Morgan fingerprint density at radius 1 is 1.07 bits per heavy atom. The summed E-state index contributed by atoms with van der Waals surface area (Å²) < 4.78 is 7.73. The molecule has 0 unspecified atom stereocenters. The summed E-state index contributed by atoms with van der Waals surface area (Å²) in [4.78, 5) is 28.7. The molecule has 0 aliphatic carbocycles. The number of hydrogen-bond acceptors (Lipinski definition) is 4. The molecular formula is C20H18IN3O3. The number of carbonyl (C=O) groups is 1. The molecule has 138 valence electrons. The minimum atomic E-state index is -0.427. The zero-order chi connectivity index (χ0) is 19.1. The molecule has 3 aromatic rings. The second-order valence-corrected chi connectivity index (χ2v) is 6.47. The van der Waals surface area contributed by atoms with Crippen LogP contribution in [0.1, 0.15) is 15.9 Å². The van der Waals surface area contributed by atoms with E-state index in [1.54, 1.807) is 30.5 Å². The van der Waals surface area contributed by atoms with E-state index in [2.05, 4.69) is 32.9 Å². The highest BCUT2D eigenvalue weighted by Crippen LogP contribution is 2.15. The smallest absolute Gasteiger partial charge is 0.349 e. The van der Waals surface area contributed by atoms with E-state index in [0.717, 1.165) is 11.3 Å². The van der Waals surface area contributed by atoms with Crippen LogP contribution in [0.5, 0.6) is 5.75 Å². The van der Waals surface area contributed by atoms with Crippen molar-refractivity contribution in [3.63, 3.8) is 0 Å². The van der Waals surface area contributed by atoms with E-state index >= 15 is 0 Å². The average Bonchev–Trinajstić information content (AvgIpc) is 2.71. The number of carbonyl (C=O) groups excluding carboxylic acids is 1. The van der Waals surface area contributed by atoms with Gasteiger partial charge in [0.2, 0.25) is 0 Å². The lowest BCUT2D eigenvalue weighted by molar-refractivity contribution is 0.102. The molecule has 0 radical (unpaired) electrons. The maximum Gasteiger partial charge on any atom is 0.349 e. The van der Waals surface area contributed by atoms with Gasteiger partial charge in [-0.2, -0.15) is 4.98 Å².